The van der Waals surface area contributed by atoms with Gasteiger partial charge in [-0.1, -0.05) is 23.2 Å². The van der Waals surface area contributed by atoms with E-state index in [0.29, 0.717) is 0 Å². The summed E-state index contributed by atoms with van der Waals surface area (Å²) in [5.74, 6) is -0.851. The third kappa shape index (κ3) is 2.70. The first-order chi connectivity index (χ1) is 7.10. The number of halogens is 3. The van der Waals surface area contributed by atoms with Gasteiger partial charge in [0.1, 0.15) is 4.49 Å². The van der Waals surface area contributed by atoms with Crippen LogP contribution in [0.15, 0.2) is 10.7 Å². The van der Waals surface area contributed by atoms with Gasteiger partial charge in [-0.05, 0) is 0 Å². The summed E-state index contributed by atoms with van der Waals surface area (Å²) < 4.78 is 22.4. The number of methoxy groups -OCH3 is 2. The summed E-state index contributed by atoms with van der Waals surface area (Å²) in [4.78, 5) is 7.47. The molecule has 4 nitrogen and oxygen atoms in total. The number of nitrogens with zero attached hydrogens (tertiary/aromatic N) is 2. The number of rotatable bonds is 3. The first kappa shape index (κ1) is 12.0. The first-order valence-electron chi connectivity index (χ1n) is 3.76. The molecule has 0 aliphatic rings. The third-order valence-electron chi connectivity index (χ3n) is 1.51. The van der Waals surface area contributed by atoms with Crippen LogP contribution in [0.3, 0.4) is 0 Å². The van der Waals surface area contributed by atoms with Crippen LogP contribution >= 0.6 is 23.2 Å². The van der Waals surface area contributed by atoms with Gasteiger partial charge in [0.15, 0.2) is 5.83 Å². The molecule has 82 valence electrons. The molecule has 0 saturated heterocycles. The van der Waals surface area contributed by atoms with Crippen molar-refractivity contribution in [3.05, 3.63) is 16.3 Å². The van der Waals surface area contributed by atoms with Crippen molar-refractivity contribution in [1.29, 1.82) is 0 Å². The summed E-state index contributed by atoms with van der Waals surface area (Å²) >= 11 is 10.6. The van der Waals surface area contributed by atoms with E-state index >= 15 is 0 Å². The molecule has 0 N–H and O–H groups in total. The minimum absolute atomic E-state index is 0.00171. The van der Waals surface area contributed by atoms with E-state index < -0.39 is 10.3 Å². The SMILES string of the molecule is COc1ncc(C(F)=C(Cl)Cl)c(OC)n1. The Morgan fingerprint density at radius 1 is 1.33 bits per heavy atom. The first-order valence-corrected chi connectivity index (χ1v) is 4.52. The van der Waals surface area contributed by atoms with Crippen LogP contribution in [0, 0.1) is 0 Å². The summed E-state index contributed by atoms with van der Waals surface area (Å²) in [6.45, 7) is 0. The van der Waals surface area contributed by atoms with Gasteiger partial charge >= 0.3 is 6.01 Å². The molecular weight excluding hydrogens is 246 g/mol. The lowest BCUT2D eigenvalue weighted by atomic mass is 10.3. The lowest BCUT2D eigenvalue weighted by Gasteiger charge is -2.06. The predicted molar refractivity (Wildman–Crippen MR) is 54.9 cm³/mol. The molecule has 0 bridgehead atoms. The number of ether oxygens (including phenoxy) is 2. The Balaban J connectivity index is 3.25. The van der Waals surface area contributed by atoms with E-state index in [2.05, 4.69) is 9.97 Å². The number of hydrogen-bond donors (Lipinski definition) is 0. The maximum Gasteiger partial charge on any atom is 0.319 e. The van der Waals surface area contributed by atoms with E-state index in [0.717, 1.165) is 0 Å². The maximum atomic E-state index is 13.4. The fourth-order valence-electron chi connectivity index (χ4n) is 0.857. The molecule has 7 heteroatoms. The second-order valence-electron chi connectivity index (χ2n) is 2.35. The van der Waals surface area contributed by atoms with Crippen molar-refractivity contribution in [3.8, 4) is 11.9 Å². The van der Waals surface area contributed by atoms with Gasteiger partial charge in [0.25, 0.3) is 0 Å². The summed E-state index contributed by atoms with van der Waals surface area (Å²) in [7, 11) is 2.72. The standard InChI is InChI=1S/C8H7Cl2FN2O2/c1-14-7-4(5(11)6(9)10)3-12-8(13-7)15-2/h3H,1-2H3. The normalized spacial score (nSPS) is 9.67. The van der Waals surface area contributed by atoms with Crippen LogP contribution in [0.25, 0.3) is 5.83 Å². The lowest BCUT2D eigenvalue weighted by molar-refractivity contribution is 0.350. The van der Waals surface area contributed by atoms with Crippen LogP contribution in [0.5, 0.6) is 11.9 Å². The Bertz CT molecular complexity index is 394. The van der Waals surface area contributed by atoms with Crippen molar-refractivity contribution in [2.75, 3.05) is 14.2 Å². The zero-order chi connectivity index (χ0) is 11.4. The molecule has 0 fully saturated rings. The topological polar surface area (TPSA) is 44.2 Å². The highest BCUT2D eigenvalue weighted by Crippen LogP contribution is 2.31. The largest absolute Gasteiger partial charge is 0.480 e. The molecule has 0 radical (unpaired) electrons. The fraction of sp³-hybridized carbons (Fsp3) is 0.250. The number of hydrogen-bond acceptors (Lipinski definition) is 4. The Kier molecular flexibility index (Phi) is 4.11. The predicted octanol–water partition coefficient (Wildman–Crippen LogP) is 2.57. The van der Waals surface area contributed by atoms with Gasteiger partial charge in [0, 0.05) is 6.20 Å². The van der Waals surface area contributed by atoms with Crippen LogP contribution in [0.1, 0.15) is 5.56 Å². The molecule has 0 atom stereocenters. The zero-order valence-electron chi connectivity index (χ0n) is 7.92. The van der Waals surface area contributed by atoms with E-state index in [9.17, 15) is 4.39 Å². The Labute approximate surface area is 95.6 Å². The molecule has 15 heavy (non-hydrogen) atoms. The Hall–Kier alpha value is -1.07. The molecule has 0 unspecified atom stereocenters. The maximum absolute atomic E-state index is 13.4. The Morgan fingerprint density at radius 2 is 2.00 bits per heavy atom. The molecule has 1 aromatic rings. The van der Waals surface area contributed by atoms with Crippen molar-refractivity contribution >= 4 is 29.0 Å². The second-order valence-corrected chi connectivity index (χ2v) is 3.30. The van der Waals surface area contributed by atoms with Crippen LogP contribution in [-0.2, 0) is 0 Å². The van der Waals surface area contributed by atoms with Gasteiger partial charge < -0.3 is 9.47 Å². The number of aromatic nitrogens is 2. The monoisotopic (exact) mass is 252 g/mol. The molecular formula is C8H7Cl2FN2O2. The van der Waals surface area contributed by atoms with Crippen molar-refractivity contribution < 1.29 is 13.9 Å². The van der Waals surface area contributed by atoms with Crippen molar-refractivity contribution in [1.82, 2.24) is 9.97 Å². The molecule has 0 aliphatic carbocycles. The summed E-state index contributed by atoms with van der Waals surface area (Å²) in [6, 6.07) is 0.0640. The van der Waals surface area contributed by atoms with E-state index in [4.69, 9.17) is 32.7 Å². The van der Waals surface area contributed by atoms with Gasteiger partial charge in [-0.2, -0.15) is 4.98 Å². The van der Waals surface area contributed by atoms with E-state index in [1.165, 1.54) is 20.4 Å². The fourth-order valence-corrected chi connectivity index (χ4v) is 1.06. The van der Waals surface area contributed by atoms with E-state index in [1.807, 2.05) is 0 Å². The van der Waals surface area contributed by atoms with E-state index in [1.54, 1.807) is 0 Å². The zero-order valence-corrected chi connectivity index (χ0v) is 9.43. The van der Waals surface area contributed by atoms with Crippen LogP contribution in [0.4, 0.5) is 4.39 Å². The molecule has 0 saturated carbocycles. The molecule has 1 rings (SSSR count). The molecule has 0 spiro atoms. The van der Waals surface area contributed by atoms with Crippen LogP contribution < -0.4 is 9.47 Å². The minimum Gasteiger partial charge on any atom is -0.480 e. The highest BCUT2D eigenvalue weighted by Gasteiger charge is 2.15. The van der Waals surface area contributed by atoms with Crippen molar-refractivity contribution in [2.45, 2.75) is 0 Å². The quantitative estimate of drug-likeness (QED) is 0.830. The minimum atomic E-state index is -0.849. The lowest BCUT2D eigenvalue weighted by Crippen LogP contribution is -1.98. The smallest absolute Gasteiger partial charge is 0.319 e. The van der Waals surface area contributed by atoms with Gasteiger partial charge in [-0.15, -0.1) is 0 Å². The molecule has 0 aliphatic heterocycles. The Morgan fingerprint density at radius 3 is 2.47 bits per heavy atom. The third-order valence-corrected chi connectivity index (χ3v) is 1.84. The molecule has 0 aromatic carbocycles. The van der Waals surface area contributed by atoms with Gasteiger partial charge in [-0.3, -0.25) is 0 Å². The summed E-state index contributed by atoms with van der Waals surface area (Å²) in [6.07, 6.45) is 1.17. The van der Waals surface area contributed by atoms with Crippen molar-refractivity contribution in [3.63, 3.8) is 0 Å². The molecule has 0 amide bonds. The second kappa shape index (κ2) is 5.14. The van der Waals surface area contributed by atoms with Gasteiger partial charge in [0.05, 0.1) is 19.8 Å². The molecule has 1 aromatic heterocycles. The van der Waals surface area contributed by atoms with E-state index in [-0.39, 0.29) is 17.5 Å². The average Bonchev–Trinajstić information content (AvgIpc) is 2.27. The summed E-state index contributed by atoms with van der Waals surface area (Å²) in [5.41, 5.74) is -0.0294. The summed E-state index contributed by atoms with van der Waals surface area (Å²) in [5, 5.41) is 0. The van der Waals surface area contributed by atoms with Crippen LogP contribution in [0.2, 0.25) is 0 Å². The van der Waals surface area contributed by atoms with Gasteiger partial charge in [0.2, 0.25) is 5.88 Å². The molecule has 1 heterocycles. The van der Waals surface area contributed by atoms with Gasteiger partial charge in [-0.25, -0.2) is 9.37 Å². The average molecular weight is 253 g/mol. The highest BCUT2D eigenvalue weighted by molar-refractivity contribution is 6.58. The van der Waals surface area contributed by atoms with Crippen molar-refractivity contribution in [2.24, 2.45) is 0 Å². The van der Waals surface area contributed by atoms with Crippen LogP contribution in [-0.4, -0.2) is 24.2 Å². The highest BCUT2D eigenvalue weighted by atomic mass is 35.5.